The molecular weight excluding hydrogens is 433 g/mol. The van der Waals surface area contributed by atoms with Crippen molar-refractivity contribution in [2.24, 2.45) is 0 Å². The fraction of sp³-hybridized carbons (Fsp3) is 0. The predicted molar refractivity (Wildman–Crippen MR) is 0 cm³/mol. The Hall–Kier alpha value is 2.95. The summed E-state index contributed by atoms with van der Waals surface area (Å²) in [6, 6.07) is 0. The van der Waals surface area contributed by atoms with E-state index < -0.39 is 0 Å². The zero-order chi connectivity index (χ0) is 0. The Morgan fingerprint density at radius 3 is 0.500 bits per heavy atom. The van der Waals surface area contributed by atoms with Crippen molar-refractivity contribution in [3.05, 3.63) is 0 Å². The van der Waals surface area contributed by atoms with Gasteiger partial charge >= 0.3 is 33.8 Å². The smallest absolute Gasteiger partial charge is 1.00 e. The van der Waals surface area contributed by atoms with Crippen molar-refractivity contribution >= 4 is 0 Å². The molecule has 0 aliphatic heterocycles. The minimum absolute atomic E-state index is 0. The summed E-state index contributed by atoms with van der Waals surface area (Å²) in [4.78, 5) is 0. The molecule has 0 aromatic rings. The van der Waals surface area contributed by atoms with Crippen LogP contribution in [0.3, 0.4) is 0 Å². The molecule has 0 aromatic heterocycles. The molecule has 0 amide bonds. The minimum atomic E-state index is 0. The first kappa shape index (κ1) is 65.1. The average Bonchev–Trinajstić information content (AvgIpc) is 0. The Balaban J connectivity index is 0. The zero-order valence-electron chi connectivity index (χ0n) is 2.22. The molecule has 0 rings (SSSR count). The minimum Gasteiger partial charge on any atom is -1.00 e. The van der Waals surface area contributed by atoms with E-state index in [1.807, 2.05) is 0 Å². The molecule has 0 unspecified atom stereocenters. The van der Waals surface area contributed by atoms with Crippen molar-refractivity contribution in [1.82, 2.24) is 0 Å². The Morgan fingerprint density at radius 2 is 0.500 bits per heavy atom. The largest absolute Gasteiger partial charge is 2.00 e. The summed E-state index contributed by atoms with van der Waals surface area (Å²) in [6.07, 6.45) is 0. The van der Waals surface area contributed by atoms with E-state index >= 15 is 0 Å². The van der Waals surface area contributed by atoms with E-state index in [0.717, 1.165) is 0 Å². The fourth-order valence-electron chi connectivity index (χ4n) is 0. The predicted octanol–water partition coefficient (Wildman–Crippen LogP) is -12.0. The van der Waals surface area contributed by atoms with Crippen LogP contribution in [0.2, 0.25) is 0 Å². The van der Waals surface area contributed by atoms with E-state index in [4.69, 9.17) is 0 Å². The van der Waals surface area contributed by atoms with Gasteiger partial charge in [-0.15, -0.1) is 0 Å². The van der Waals surface area contributed by atoms with Gasteiger partial charge in [-0.05, 0) is 0 Å². The van der Waals surface area contributed by atoms with Gasteiger partial charge in [0.15, 0.2) is 0 Å². The molecule has 0 atom stereocenters. The molecule has 44 valence electrons. The van der Waals surface area contributed by atoms with Crippen LogP contribution in [-0.4, -0.2) is 0 Å². The first-order valence-electron chi connectivity index (χ1n) is 0. The van der Waals surface area contributed by atoms with Gasteiger partial charge in [-0.25, -0.2) is 0 Å². The van der Waals surface area contributed by atoms with E-state index in [1.54, 1.807) is 0 Å². The normalized spacial score (nSPS) is 0. The van der Waals surface area contributed by atoms with Crippen LogP contribution in [0.4, 0.5) is 0 Å². The molecule has 0 heterocycles. The van der Waals surface area contributed by atoms with Crippen molar-refractivity contribution in [3.8, 4) is 0 Å². The van der Waals surface area contributed by atoms with Crippen LogP contribution in [0.1, 0.15) is 0 Å². The average molecular weight is 433 g/mol. The molecule has 0 aliphatic carbocycles. The zero-order valence-corrected chi connectivity index (χ0v) is 10.8. The SMILES string of the molecule is [Br-].[Br-].[Br-].[Br-].[Co+2].[Mn+2]. The second-order valence-corrected chi connectivity index (χ2v) is 0. The van der Waals surface area contributed by atoms with Crippen molar-refractivity contribution in [3.63, 3.8) is 0 Å². The Labute approximate surface area is 100 Å². The van der Waals surface area contributed by atoms with Crippen LogP contribution in [0.15, 0.2) is 0 Å². The van der Waals surface area contributed by atoms with Gasteiger partial charge in [-0.1, -0.05) is 0 Å². The maximum atomic E-state index is 0. The maximum absolute atomic E-state index is 0. The van der Waals surface area contributed by atoms with Crippen molar-refractivity contribution in [2.45, 2.75) is 0 Å². The van der Waals surface area contributed by atoms with Crippen LogP contribution >= 0.6 is 0 Å². The molecular formula is Br4CoMn. The van der Waals surface area contributed by atoms with Crippen LogP contribution in [0, 0.1) is 0 Å². The van der Waals surface area contributed by atoms with E-state index in [0.29, 0.717) is 0 Å². The van der Waals surface area contributed by atoms with E-state index in [9.17, 15) is 0 Å². The summed E-state index contributed by atoms with van der Waals surface area (Å²) >= 11 is 0. The van der Waals surface area contributed by atoms with Crippen LogP contribution in [-0.2, 0) is 33.8 Å². The van der Waals surface area contributed by atoms with Gasteiger partial charge in [0.2, 0.25) is 0 Å². The quantitative estimate of drug-likeness (QED) is 0.333. The third kappa shape index (κ3) is 28.3. The van der Waals surface area contributed by atoms with Crippen LogP contribution < -0.4 is 67.9 Å². The monoisotopic (exact) mass is 430 g/mol. The van der Waals surface area contributed by atoms with E-state index in [1.165, 1.54) is 0 Å². The van der Waals surface area contributed by atoms with Crippen LogP contribution in [0.5, 0.6) is 0 Å². The summed E-state index contributed by atoms with van der Waals surface area (Å²) in [5.41, 5.74) is 0. The second kappa shape index (κ2) is 44.2. The Bertz CT molecular complexity index is 7.51. The van der Waals surface area contributed by atoms with Gasteiger partial charge in [0.1, 0.15) is 0 Å². The molecule has 0 fully saturated rings. The molecule has 0 saturated heterocycles. The summed E-state index contributed by atoms with van der Waals surface area (Å²) in [5, 5.41) is 0. The third-order valence-electron chi connectivity index (χ3n) is 0. The fourth-order valence-corrected chi connectivity index (χ4v) is 0. The number of hydrogen-bond acceptors (Lipinski definition) is 0. The molecule has 0 saturated carbocycles. The van der Waals surface area contributed by atoms with Gasteiger partial charge in [0.05, 0.1) is 0 Å². The Morgan fingerprint density at radius 1 is 0.500 bits per heavy atom. The summed E-state index contributed by atoms with van der Waals surface area (Å²) in [5.74, 6) is 0. The molecule has 0 bridgehead atoms. The first-order chi connectivity index (χ1) is 0. The summed E-state index contributed by atoms with van der Waals surface area (Å²) in [7, 11) is 0. The first-order valence-corrected chi connectivity index (χ1v) is 0. The van der Waals surface area contributed by atoms with E-state index in [2.05, 4.69) is 0 Å². The maximum Gasteiger partial charge on any atom is 2.00 e. The number of hydrogen-bond donors (Lipinski definition) is 0. The van der Waals surface area contributed by atoms with Gasteiger partial charge in [-0.2, -0.15) is 0 Å². The van der Waals surface area contributed by atoms with Gasteiger partial charge in [-0.3, -0.25) is 0 Å². The van der Waals surface area contributed by atoms with Gasteiger partial charge in [0, 0.05) is 0 Å². The molecule has 6 heteroatoms. The van der Waals surface area contributed by atoms with Gasteiger partial charge in [0.25, 0.3) is 0 Å². The number of halogens is 4. The molecule has 0 aromatic carbocycles. The van der Waals surface area contributed by atoms with Crippen LogP contribution in [0.25, 0.3) is 0 Å². The van der Waals surface area contributed by atoms with Crippen molar-refractivity contribution in [1.29, 1.82) is 0 Å². The van der Waals surface area contributed by atoms with Gasteiger partial charge < -0.3 is 67.9 Å². The summed E-state index contributed by atoms with van der Waals surface area (Å²) < 4.78 is 0. The number of rotatable bonds is 0. The second-order valence-electron chi connectivity index (χ2n) is 0. The molecule has 2 radical (unpaired) electrons. The van der Waals surface area contributed by atoms with E-state index in [-0.39, 0.29) is 102 Å². The molecule has 0 N–H and O–H groups in total. The van der Waals surface area contributed by atoms with Crippen molar-refractivity contribution in [2.75, 3.05) is 0 Å². The third-order valence-corrected chi connectivity index (χ3v) is 0. The molecule has 6 heavy (non-hydrogen) atoms. The molecule has 0 spiro atoms. The molecule has 0 aliphatic rings. The van der Waals surface area contributed by atoms with Crippen molar-refractivity contribution < 1.29 is 102 Å². The summed E-state index contributed by atoms with van der Waals surface area (Å²) in [6.45, 7) is 0. The topological polar surface area (TPSA) is 0 Å². The Kier molecular flexibility index (Phi) is 479. The molecule has 0 nitrogen and oxygen atoms in total. The standard InChI is InChI=1S/4BrH.Co.Mn/h4*1H;;/q;;;;2*+2/p-4.